The molecule has 142 valence electrons. The minimum atomic E-state index is -0.414. The number of ether oxygens (including phenoxy) is 3. The molecule has 6 nitrogen and oxygen atoms in total. The van der Waals surface area contributed by atoms with Crippen LogP contribution >= 0.6 is 12.4 Å². The molecule has 7 heteroatoms. The Morgan fingerprint density at radius 3 is 2.56 bits per heavy atom. The van der Waals surface area contributed by atoms with Gasteiger partial charge >= 0.3 is 6.09 Å². The van der Waals surface area contributed by atoms with Crippen LogP contribution in [0.5, 0.6) is 5.75 Å². The van der Waals surface area contributed by atoms with Crippen molar-refractivity contribution in [2.24, 2.45) is 0 Å². The molecule has 1 amide bonds. The Hall–Kier alpha value is -1.50. The summed E-state index contributed by atoms with van der Waals surface area (Å²) in [5.74, 6) is 0.807. The molecule has 1 aromatic carbocycles. The van der Waals surface area contributed by atoms with Crippen molar-refractivity contribution in [3.8, 4) is 5.75 Å². The minimum Gasteiger partial charge on any atom is -0.494 e. The van der Waals surface area contributed by atoms with E-state index in [9.17, 15) is 4.79 Å². The maximum Gasteiger partial charge on any atom is 0.411 e. The van der Waals surface area contributed by atoms with Gasteiger partial charge in [0.25, 0.3) is 0 Å². The lowest BCUT2D eigenvalue weighted by atomic mass is 10.3. The van der Waals surface area contributed by atoms with E-state index in [1.807, 2.05) is 24.3 Å². The quantitative estimate of drug-likeness (QED) is 0.671. The number of nitrogens with one attached hydrogen (secondary N) is 1. The van der Waals surface area contributed by atoms with Crippen molar-refractivity contribution in [1.29, 1.82) is 0 Å². The SMILES string of the molecule is CCCCOC(=O)Nc1ccc(OCCCN2CCOCC2)cc1.Cl. The molecule has 0 bridgehead atoms. The van der Waals surface area contributed by atoms with Crippen molar-refractivity contribution >= 4 is 24.2 Å². The predicted octanol–water partition coefficient (Wildman–Crippen LogP) is 3.56. The number of hydrogen-bond acceptors (Lipinski definition) is 5. The van der Waals surface area contributed by atoms with E-state index in [1.54, 1.807) is 0 Å². The number of morpholine rings is 1. The molecule has 0 saturated carbocycles. The summed E-state index contributed by atoms with van der Waals surface area (Å²) in [5, 5.41) is 2.70. The molecule has 1 saturated heterocycles. The molecular weight excluding hydrogens is 344 g/mol. The van der Waals surface area contributed by atoms with Crippen LogP contribution in [0.25, 0.3) is 0 Å². The summed E-state index contributed by atoms with van der Waals surface area (Å²) < 4.78 is 16.1. The Morgan fingerprint density at radius 1 is 1.16 bits per heavy atom. The molecule has 0 unspecified atom stereocenters. The summed E-state index contributed by atoms with van der Waals surface area (Å²) in [6.07, 6.45) is 2.46. The Kier molecular flexibility index (Phi) is 11.0. The third kappa shape index (κ3) is 8.95. The van der Waals surface area contributed by atoms with Crippen LogP contribution in [0, 0.1) is 0 Å². The van der Waals surface area contributed by atoms with Crippen molar-refractivity contribution in [2.75, 3.05) is 51.4 Å². The van der Waals surface area contributed by atoms with Gasteiger partial charge in [-0.2, -0.15) is 0 Å². The van der Waals surface area contributed by atoms with E-state index in [2.05, 4.69) is 17.1 Å². The number of nitrogens with zero attached hydrogens (tertiary/aromatic N) is 1. The predicted molar refractivity (Wildman–Crippen MR) is 101 cm³/mol. The average Bonchev–Trinajstić information content (AvgIpc) is 2.61. The molecule has 1 heterocycles. The van der Waals surface area contributed by atoms with Gasteiger partial charge < -0.3 is 14.2 Å². The fraction of sp³-hybridized carbons (Fsp3) is 0.611. The largest absolute Gasteiger partial charge is 0.494 e. The first kappa shape index (κ1) is 21.5. The first-order valence-electron chi connectivity index (χ1n) is 8.74. The Bertz CT molecular complexity index is 478. The fourth-order valence-corrected chi connectivity index (χ4v) is 2.40. The fourth-order valence-electron chi connectivity index (χ4n) is 2.40. The highest BCUT2D eigenvalue weighted by molar-refractivity contribution is 5.85. The van der Waals surface area contributed by atoms with Crippen LogP contribution in [0.1, 0.15) is 26.2 Å². The topological polar surface area (TPSA) is 60.0 Å². The highest BCUT2D eigenvalue weighted by Crippen LogP contribution is 2.16. The zero-order valence-corrected chi connectivity index (χ0v) is 15.7. The van der Waals surface area contributed by atoms with E-state index in [0.29, 0.717) is 18.9 Å². The van der Waals surface area contributed by atoms with Gasteiger partial charge in [-0.3, -0.25) is 10.2 Å². The second-order valence-corrected chi connectivity index (χ2v) is 5.79. The summed E-state index contributed by atoms with van der Waals surface area (Å²) >= 11 is 0. The van der Waals surface area contributed by atoms with Gasteiger partial charge in [0.15, 0.2) is 0 Å². The molecule has 2 rings (SSSR count). The molecule has 0 atom stereocenters. The number of amides is 1. The maximum atomic E-state index is 11.6. The summed E-state index contributed by atoms with van der Waals surface area (Å²) in [7, 11) is 0. The Morgan fingerprint density at radius 2 is 1.88 bits per heavy atom. The molecule has 1 aliphatic rings. The van der Waals surface area contributed by atoms with Crippen LogP contribution in [0.4, 0.5) is 10.5 Å². The first-order valence-corrected chi connectivity index (χ1v) is 8.74. The molecule has 1 N–H and O–H groups in total. The third-order valence-electron chi connectivity index (χ3n) is 3.82. The molecule has 0 radical (unpaired) electrons. The number of anilines is 1. The van der Waals surface area contributed by atoms with E-state index >= 15 is 0 Å². The number of halogens is 1. The lowest BCUT2D eigenvalue weighted by molar-refractivity contribution is 0.0358. The average molecular weight is 373 g/mol. The molecule has 0 aliphatic carbocycles. The summed E-state index contributed by atoms with van der Waals surface area (Å²) in [4.78, 5) is 13.9. The van der Waals surface area contributed by atoms with Crippen molar-refractivity contribution in [2.45, 2.75) is 26.2 Å². The number of carbonyl (C=O) groups excluding carboxylic acids is 1. The Balaban J connectivity index is 0.00000312. The maximum absolute atomic E-state index is 11.6. The van der Waals surface area contributed by atoms with Crippen LogP contribution in [-0.4, -0.2) is 57.1 Å². The molecule has 0 spiro atoms. The molecule has 25 heavy (non-hydrogen) atoms. The second-order valence-electron chi connectivity index (χ2n) is 5.79. The molecule has 1 aromatic rings. The summed E-state index contributed by atoms with van der Waals surface area (Å²) in [6, 6.07) is 7.35. The molecule has 1 aliphatic heterocycles. The van der Waals surface area contributed by atoms with Crippen molar-refractivity contribution in [1.82, 2.24) is 4.90 Å². The van der Waals surface area contributed by atoms with E-state index in [1.165, 1.54) is 0 Å². The van der Waals surface area contributed by atoms with Gasteiger partial charge in [0.1, 0.15) is 5.75 Å². The standard InChI is InChI=1S/C18H28N2O4.ClH/c1-2-3-12-24-18(21)19-16-5-7-17(8-6-16)23-13-4-9-20-10-14-22-15-11-20;/h5-8H,2-4,9-15H2,1H3,(H,19,21);1H. The smallest absolute Gasteiger partial charge is 0.411 e. The summed E-state index contributed by atoms with van der Waals surface area (Å²) in [5.41, 5.74) is 0.706. The van der Waals surface area contributed by atoms with Gasteiger partial charge in [-0.05, 0) is 37.1 Å². The number of carbonyl (C=O) groups is 1. The number of rotatable bonds is 9. The first-order chi connectivity index (χ1) is 11.8. The second kappa shape index (κ2) is 12.8. The highest BCUT2D eigenvalue weighted by atomic mass is 35.5. The molecule has 1 fully saturated rings. The van der Waals surface area contributed by atoms with Crippen LogP contribution in [0.2, 0.25) is 0 Å². The van der Waals surface area contributed by atoms with Gasteiger partial charge in [-0.25, -0.2) is 4.79 Å². The van der Waals surface area contributed by atoms with Gasteiger partial charge in [0.05, 0.1) is 26.4 Å². The van der Waals surface area contributed by atoms with Gasteiger partial charge in [0.2, 0.25) is 0 Å². The van der Waals surface area contributed by atoms with E-state index in [4.69, 9.17) is 14.2 Å². The number of unbranched alkanes of at least 4 members (excludes halogenated alkanes) is 1. The van der Waals surface area contributed by atoms with Crippen molar-refractivity contribution < 1.29 is 19.0 Å². The Labute approximate surface area is 156 Å². The van der Waals surface area contributed by atoms with Crippen LogP contribution in [-0.2, 0) is 9.47 Å². The lowest BCUT2D eigenvalue weighted by Crippen LogP contribution is -2.37. The van der Waals surface area contributed by atoms with Crippen LogP contribution < -0.4 is 10.1 Å². The van der Waals surface area contributed by atoms with Crippen molar-refractivity contribution in [3.63, 3.8) is 0 Å². The molecule has 0 aromatic heterocycles. The van der Waals surface area contributed by atoms with Gasteiger partial charge in [-0.1, -0.05) is 13.3 Å². The van der Waals surface area contributed by atoms with Crippen molar-refractivity contribution in [3.05, 3.63) is 24.3 Å². The van der Waals surface area contributed by atoms with E-state index in [0.717, 1.165) is 57.9 Å². The highest BCUT2D eigenvalue weighted by Gasteiger charge is 2.09. The van der Waals surface area contributed by atoms with E-state index in [-0.39, 0.29) is 12.4 Å². The van der Waals surface area contributed by atoms with Gasteiger partial charge in [-0.15, -0.1) is 12.4 Å². The third-order valence-corrected chi connectivity index (χ3v) is 3.82. The number of hydrogen-bond donors (Lipinski definition) is 1. The zero-order valence-electron chi connectivity index (χ0n) is 14.9. The zero-order chi connectivity index (χ0) is 17.0. The van der Waals surface area contributed by atoms with Gasteiger partial charge in [0, 0.05) is 25.3 Å². The lowest BCUT2D eigenvalue weighted by Gasteiger charge is -2.26. The van der Waals surface area contributed by atoms with Crippen LogP contribution in [0.3, 0.4) is 0 Å². The monoisotopic (exact) mass is 372 g/mol. The molecular formula is C18H29ClN2O4. The normalized spacial score (nSPS) is 14.4. The number of benzene rings is 1. The van der Waals surface area contributed by atoms with E-state index < -0.39 is 6.09 Å². The van der Waals surface area contributed by atoms with Crippen LogP contribution in [0.15, 0.2) is 24.3 Å². The minimum absolute atomic E-state index is 0. The summed E-state index contributed by atoms with van der Waals surface area (Å²) in [6.45, 7) is 7.90.